The van der Waals surface area contributed by atoms with Crippen LogP contribution in [0.15, 0.2) is 12.2 Å². The summed E-state index contributed by atoms with van der Waals surface area (Å²) in [7, 11) is 0. The van der Waals surface area contributed by atoms with Crippen molar-refractivity contribution in [2.75, 3.05) is 0 Å². The summed E-state index contributed by atoms with van der Waals surface area (Å²) in [5, 5.41) is 0. The molecule has 0 unspecified atom stereocenters. The lowest BCUT2D eigenvalue weighted by Gasteiger charge is -2.33. The Hall–Kier alpha value is -0.630. The fourth-order valence-electron chi connectivity index (χ4n) is 2.74. The molecule has 0 aromatic rings. The summed E-state index contributed by atoms with van der Waals surface area (Å²) in [5.41, 5.74) is 0. The van der Waals surface area contributed by atoms with Crippen molar-refractivity contribution in [3.63, 3.8) is 0 Å². The number of hydrogen-bond acceptors (Lipinski definition) is 2. The van der Waals surface area contributed by atoms with E-state index in [-0.39, 0.29) is 5.92 Å². The average Bonchev–Trinajstić information content (AvgIpc) is 2.84. The lowest BCUT2D eigenvalue weighted by molar-refractivity contribution is -0.123. The molecule has 0 spiro atoms. The van der Waals surface area contributed by atoms with Crippen molar-refractivity contribution in [3.05, 3.63) is 12.2 Å². The quantitative estimate of drug-likeness (QED) is 0.430. The van der Waals surface area contributed by atoms with Gasteiger partial charge in [-0.3, -0.25) is 4.79 Å². The van der Waals surface area contributed by atoms with Gasteiger partial charge in [0.2, 0.25) is 0 Å². The van der Waals surface area contributed by atoms with Gasteiger partial charge in [0.15, 0.2) is 0 Å². The highest BCUT2D eigenvalue weighted by Crippen LogP contribution is 2.52. The largest absolute Gasteiger partial charge is 0.368 e. The van der Waals surface area contributed by atoms with Gasteiger partial charge in [-0.2, -0.15) is 0 Å². The van der Waals surface area contributed by atoms with Crippen LogP contribution in [0.3, 0.4) is 0 Å². The third kappa shape index (κ3) is 0.712. The van der Waals surface area contributed by atoms with Crippen molar-refractivity contribution in [2.45, 2.75) is 25.6 Å². The summed E-state index contributed by atoms with van der Waals surface area (Å²) >= 11 is 0. The summed E-state index contributed by atoms with van der Waals surface area (Å²) in [4.78, 5) is 11.3. The second-order valence-electron chi connectivity index (χ2n) is 4.14. The van der Waals surface area contributed by atoms with Gasteiger partial charge in [0.05, 0.1) is 12.2 Å². The van der Waals surface area contributed by atoms with E-state index in [1.807, 2.05) is 0 Å². The van der Waals surface area contributed by atoms with Crippen LogP contribution in [0, 0.1) is 17.8 Å². The van der Waals surface area contributed by atoms with Crippen LogP contribution in [0.4, 0.5) is 0 Å². The second kappa shape index (κ2) is 1.99. The van der Waals surface area contributed by atoms with Gasteiger partial charge >= 0.3 is 0 Å². The first-order valence-electron chi connectivity index (χ1n) is 4.61. The second-order valence-corrected chi connectivity index (χ2v) is 4.14. The molecule has 2 heteroatoms. The molecule has 1 saturated heterocycles. The van der Waals surface area contributed by atoms with Crippen LogP contribution in [0.5, 0.6) is 0 Å². The summed E-state index contributed by atoms with van der Waals surface area (Å²) in [6, 6.07) is 0. The molecule has 64 valence electrons. The van der Waals surface area contributed by atoms with Gasteiger partial charge in [0.1, 0.15) is 5.78 Å². The number of epoxide rings is 1. The van der Waals surface area contributed by atoms with E-state index in [1.54, 1.807) is 6.92 Å². The van der Waals surface area contributed by atoms with Gasteiger partial charge in [-0.05, 0) is 13.3 Å². The normalized spacial score (nSPS) is 53.6. The van der Waals surface area contributed by atoms with Gasteiger partial charge in [-0.1, -0.05) is 12.2 Å². The predicted molar refractivity (Wildman–Crippen MR) is 43.6 cm³/mol. The SMILES string of the molecule is CC(=O)[C@@H]1C[C@@H]2C=C[C@H]1[C@H]1O[C@H]12. The molecule has 1 heterocycles. The minimum absolute atomic E-state index is 0.253. The molecule has 4 rings (SSSR count). The highest BCUT2D eigenvalue weighted by atomic mass is 16.6. The van der Waals surface area contributed by atoms with Crippen molar-refractivity contribution < 1.29 is 9.53 Å². The maximum Gasteiger partial charge on any atom is 0.133 e. The Morgan fingerprint density at radius 3 is 2.92 bits per heavy atom. The van der Waals surface area contributed by atoms with Crippen LogP contribution in [0.1, 0.15) is 13.3 Å². The number of hydrogen-bond donors (Lipinski definition) is 0. The molecule has 2 bridgehead atoms. The zero-order valence-electron chi connectivity index (χ0n) is 7.07. The number of Topliss-reactive ketones (excluding diaryl/α,β-unsaturated/α-hetero) is 1. The first-order valence-corrected chi connectivity index (χ1v) is 4.61. The molecule has 0 N–H and O–H groups in total. The molecule has 5 atom stereocenters. The van der Waals surface area contributed by atoms with Gasteiger partial charge in [-0.25, -0.2) is 0 Å². The van der Waals surface area contributed by atoms with Crippen LogP contribution < -0.4 is 0 Å². The number of rotatable bonds is 1. The molecule has 1 aliphatic heterocycles. The standard InChI is InChI=1S/C10H12O2/c1-5(11)8-4-6-2-3-7(8)10-9(6)12-10/h2-3,6-10H,4H2,1H3/t6-,7+,8-,9-,10+/m0/s1. The molecule has 0 radical (unpaired) electrons. The van der Waals surface area contributed by atoms with Crippen LogP contribution in [-0.4, -0.2) is 18.0 Å². The average molecular weight is 164 g/mol. The van der Waals surface area contributed by atoms with Crippen molar-refractivity contribution in [2.24, 2.45) is 17.8 Å². The molecular weight excluding hydrogens is 152 g/mol. The Morgan fingerprint density at radius 2 is 2.25 bits per heavy atom. The Morgan fingerprint density at radius 1 is 1.42 bits per heavy atom. The molecular formula is C10H12O2. The van der Waals surface area contributed by atoms with E-state index in [4.69, 9.17) is 4.74 Å². The van der Waals surface area contributed by atoms with Crippen LogP contribution in [0.25, 0.3) is 0 Å². The molecule has 2 nitrogen and oxygen atoms in total. The Labute approximate surface area is 71.6 Å². The summed E-state index contributed by atoms with van der Waals surface area (Å²) in [5.74, 6) is 1.53. The lowest BCUT2D eigenvalue weighted by Crippen LogP contribution is -2.37. The summed E-state index contributed by atoms with van der Waals surface area (Å²) in [6.45, 7) is 1.70. The summed E-state index contributed by atoms with van der Waals surface area (Å²) < 4.78 is 5.53. The van der Waals surface area contributed by atoms with Gasteiger partial charge < -0.3 is 4.74 Å². The molecule has 0 amide bonds. The first kappa shape index (κ1) is 6.84. The molecule has 12 heavy (non-hydrogen) atoms. The van der Waals surface area contributed by atoms with Crippen molar-refractivity contribution >= 4 is 5.78 Å². The third-order valence-electron chi connectivity index (χ3n) is 3.46. The Bertz CT molecular complexity index is 269. The zero-order chi connectivity index (χ0) is 8.29. The van der Waals surface area contributed by atoms with E-state index in [0.29, 0.717) is 29.8 Å². The molecule has 2 fully saturated rings. The summed E-state index contributed by atoms with van der Waals surface area (Å²) in [6.07, 6.45) is 6.31. The number of fused-ring (bicyclic) bond motifs is 1. The van der Waals surface area contributed by atoms with Gasteiger partial charge in [0, 0.05) is 17.8 Å². The van der Waals surface area contributed by atoms with Crippen LogP contribution in [0.2, 0.25) is 0 Å². The molecule has 1 saturated carbocycles. The van der Waals surface area contributed by atoms with Crippen molar-refractivity contribution in [1.82, 2.24) is 0 Å². The van der Waals surface area contributed by atoms with Gasteiger partial charge in [-0.15, -0.1) is 0 Å². The topological polar surface area (TPSA) is 29.6 Å². The Kier molecular flexibility index (Phi) is 1.14. The van der Waals surface area contributed by atoms with E-state index in [9.17, 15) is 4.79 Å². The van der Waals surface area contributed by atoms with E-state index < -0.39 is 0 Å². The Balaban J connectivity index is 1.94. The maximum absolute atomic E-state index is 11.3. The molecule has 4 aliphatic rings. The third-order valence-corrected chi connectivity index (χ3v) is 3.46. The van der Waals surface area contributed by atoms with Crippen molar-refractivity contribution in [1.29, 1.82) is 0 Å². The minimum Gasteiger partial charge on any atom is -0.368 e. The highest BCUT2D eigenvalue weighted by molar-refractivity contribution is 5.79. The first-order chi connectivity index (χ1) is 5.77. The van der Waals surface area contributed by atoms with E-state index in [0.717, 1.165) is 6.42 Å². The maximum atomic E-state index is 11.3. The number of carbonyl (C=O) groups is 1. The van der Waals surface area contributed by atoms with E-state index in [2.05, 4.69) is 12.2 Å². The van der Waals surface area contributed by atoms with Crippen molar-refractivity contribution in [3.8, 4) is 0 Å². The lowest BCUT2D eigenvalue weighted by atomic mass is 9.68. The molecule has 0 aromatic carbocycles. The minimum atomic E-state index is 0.253. The number of ketones is 1. The fraction of sp³-hybridized carbons (Fsp3) is 0.700. The van der Waals surface area contributed by atoms with Gasteiger partial charge in [0.25, 0.3) is 0 Å². The van der Waals surface area contributed by atoms with E-state index >= 15 is 0 Å². The molecule has 3 aliphatic carbocycles. The van der Waals surface area contributed by atoms with E-state index in [1.165, 1.54) is 0 Å². The monoisotopic (exact) mass is 164 g/mol. The number of ether oxygens (including phenoxy) is 1. The predicted octanol–water partition coefficient (Wildman–Crippen LogP) is 1.16. The van der Waals surface area contributed by atoms with Crippen LogP contribution >= 0.6 is 0 Å². The number of carbonyl (C=O) groups excluding carboxylic acids is 1. The highest BCUT2D eigenvalue weighted by Gasteiger charge is 2.57. The fourth-order valence-corrected chi connectivity index (χ4v) is 2.74. The van der Waals surface area contributed by atoms with Crippen LogP contribution in [-0.2, 0) is 9.53 Å². The zero-order valence-corrected chi connectivity index (χ0v) is 7.07. The smallest absolute Gasteiger partial charge is 0.133 e. The molecule has 0 aromatic heterocycles.